The first kappa shape index (κ1) is 14.1. The Morgan fingerprint density at radius 2 is 2.14 bits per heavy atom. The highest BCUT2D eigenvalue weighted by Gasteiger charge is 2.52. The van der Waals surface area contributed by atoms with Crippen LogP contribution < -0.4 is 0 Å². The first-order valence-corrected chi connectivity index (χ1v) is 8.41. The zero-order valence-corrected chi connectivity index (χ0v) is 13.2. The lowest BCUT2D eigenvalue weighted by molar-refractivity contribution is -0.169. The molecule has 2 aliphatic heterocycles. The minimum absolute atomic E-state index is 0.294. The summed E-state index contributed by atoms with van der Waals surface area (Å²) in [5, 5.41) is 0. The highest BCUT2D eigenvalue weighted by Crippen LogP contribution is 2.43. The Kier molecular flexibility index (Phi) is 3.40. The standard InChI is InChI=1S/C17H23N3O2/c1-12-18-8-14-15(19-12)9-22-17(14)10-20(11-17)16(21)7-13-5-3-2-4-6-13/h8,13H,2-7,9-11H2,1H3. The van der Waals surface area contributed by atoms with E-state index in [0.29, 0.717) is 37.9 Å². The van der Waals surface area contributed by atoms with E-state index in [1.807, 2.05) is 18.0 Å². The summed E-state index contributed by atoms with van der Waals surface area (Å²) in [6.45, 7) is 3.77. The van der Waals surface area contributed by atoms with Gasteiger partial charge in [0.25, 0.3) is 0 Å². The van der Waals surface area contributed by atoms with Crippen molar-refractivity contribution in [2.75, 3.05) is 13.1 Å². The molecule has 1 amide bonds. The molecular weight excluding hydrogens is 278 g/mol. The van der Waals surface area contributed by atoms with Gasteiger partial charge >= 0.3 is 0 Å². The van der Waals surface area contributed by atoms with Crippen LogP contribution >= 0.6 is 0 Å². The molecule has 0 atom stereocenters. The average molecular weight is 301 g/mol. The van der Waals surface area contributed by atoms with Crippen molar-refractivity contribution < 1.29 is 9.53 Å². The van der Waals surface area contributed by atoms with Gasteiger partial charge in [-0.05, 0) is 25.7 Å². The summed E-state index contributed by atoms with van der Waals surface area (Å²) in [7, 11) is 0. The Bertz CT molecular complexity index is 590. The highest BCUT2D eigenvalue weighted by atomic mass is 16.5. The number of hydrogen-bond donors (Lipinski definition) is 0. The number of rotatable bonds is 2. The molecule has 1 aromatic rings. The maximum Gasteiger partial charge on any atom is 0.223 e. The van der Waals surface area contributed by atoms with Gasteiger partial charge < -0.3 is 9.64 Å². The number of aromatic nitrogens is 2. The molecule has 1 saturated heterocycles. The SMILES string of the molecule is Cc1ncc2c(n1)COC21CN(C(=O)CC2CCCCC2)C1. The van der Waals surface area contributed by atoms with Gasteiger partial charge in [0.2, 0.25) is 5.91 Å². The molecule has 0 N–H and O–H groups in total. The van der Waals surface area contributed by atoms with Crippen LogP contribution in [-0.2, 0) is 21.7 Å². The number of hydrogen-bond acceptors (Lipinski definition) is 4. The molecule has 1 saturated carbocycles. The zero-order valence-electron chi connectivity index (χ0n) is 13.2. The summed E-state index contributed by atoms with van der Waals surface area (Å²) in [6, 6.07) is 0. The van der Waals surface area contributed by atoms with E-state index in [4.69, 9.17) is 4.74 Å². The maximum absolute atomic E-state index is 12.4. The van der Waals surface area contributed by atoms with E-state index in [0.717, 1.165) is 17.1 Å². The van der Waals surface area contributed by atoms with Gasteiger partial charge in [0.1, 0.15) is 11.4 Å². The molecule has 22 heavy (non-hydrogen) atoms. The molecule has 1 spiro atoms. The van der Waals surface area contributed by atoms with Gasteiger partial charge in [-0.25, -0.2) is 9.97 Å². The van der Waals surface area contributed by atoms with Crippen molar-refractivity contribution in [3.63, 3.8) is 0 Å². The van der Waals surface area contributed by atoms with Crippen LogP contribution in [-0.4, -0.2) is 33.9 Å². The third-order valence-electron chi connectivity index (χ3n) is 5.40. The third-order valence-corrected chi connectivity index (χ3v) is 5.40. The van der Waals surface area contributed by atoms with Crippen molar-refractivity contribution in [2.24, 2.45) is 5.92 Å². The number of carbonyl (C=O) groups is 1. The summed E-state index contributed by atoms with van der Waals surface area (Å²) >= 11 is 0. The summed E-state index contributed by atoms with van der Waals surface area (Å²) in [5.74, 6) is 1.67. The van der Waals surface area contributed by atoms with Gasteiger partial charge in [-0.3, -0.25) is 4.79 Å². The fourth-order valence-corrected chi connectivity index (χ4v) is 4.07. The topological polar surface area (TPSA) is 55.3 Å². The summed E-state index contributed by atoms with van der Waals surface area (Å²) < 4.78 is 5.98. The van der Waals surface area contributed by atoms with E-state index in [2.05, 4.69) is 9.97 Å². The van der Waals surface area contributed by atoms with Crippen LogP contribution in [0.25, 0.3) is 0 Å². The van der Waals surface area contributed by atoms with Gasteiger partial charge in [0, 0.05) is 18.2 Å². The van der Waals surface area contributed by atoms with E-state index in [1.54, 1.807) is 0 Å². The molecule has 1 aromatic heterocycles. The number of likely N-dealkylation sites (tertiary alicyclic amines) is 1. The number of carbonyl (C=O) groups excluding carboxylic acids is 1. The van der Waals surface area contributed by atoms with Crippen LogP contribution in [0.1, 0.15) is 55.6 Å². The minimum atomic E-state index is -0.328. The van der Waals surface area contributed by atoms with Crippen LogP contribution in [0.5, 0.6) is 0 Å². The summed E-state index contributed by atoms with van der Waals surface area (Å²) in [5.41, 5.74) is 1.75. The van der Waals surface area contributed by atoms with E-state index < -0.39 is 0 Å². The van der Waals surface area contributed by atoms with Gasteiger partial charge in [0.15, 0.2) is 0 Å². The van der Waals surface area contributed by atoms with Gasteiger partial charge in [-0.1, -0.05) is 19.3 Å². The molecule has 0 bridgehead atoms. The van der Waals surface area contributed by atoms with Crippen molar-refractivity contribution in [3.8, 4) is 0 Å². The number of fused-ring (bicyclic) bond motifs is 2. The predicted molar refractivity (Wildman–Crippen MR) is 81.0 cm³/mol. The van der Waals surface area contributed by atoms with Crippen LogP contribution in [0.2, 0.25) is 0 Å². The Morgan fingerprint density at radius 1 is 1.36 bits per heavy atom. The van der Waals surface area contributed by atoms with Gasteiger partial charge in [-0.2, -0.15) is 0 Å². The Balaban J connectivity index is 1.39. The molecule has 2 fully saturated rings. The molecule has 0 radical (unpaired) electrons. The first-order valence-electron chi connectivity index (χ1n) is 8.41. The van der Waals surface area contributed by atoms with Crippen molar-refractivity contribution in [1.29, 1.82) is 0 Å². The molecule has 5 nitrogen and oxygen atoms in total. The average Bonchev–Trinajstić information content (AvgIpc) is 2.85. The first-order chi connectivity index (χ1) is 10.7. The Labute approximate surface area is 131 Å². The molecule has 1 aliphatic carbocycles. The van der Waals surface area contributed by atoms with E-state index >= 15 is 0 Å². The lowest BCUT2D eigenvalue weighted by Gasteiger charge is -2.47. The normalized spacial score (nSPS) is 23.4. The van der Waals surface area contributed by atoms with Crippen molar-refractivity contribution in [2.45, 2.75) is 57.7 Å². The molecule has 4 rings (SSSR count). The second-order valence-corrected chi connectivity index (χ2v) is 7.02. The fraction of sp³-hybridized carbons (Fsp3) is 0.706. The van der Waals surface area contributed by atoms with E-state index in [1.165, 1.54) is 32.1 Å². The zero-order chi connectivity index (χ0) is 15.2. The van der Waals surface area contributed by atoms with Crippen LogP contribution in [0.3, 0.4) is 0 Å². The monoisotopic (exact) mass is 301 g/mol. The van der Waals surface area contributed by atoms with Crippen molar-refractivity contribution >= 4 is 5.91 Å². The molecule has 3 aliphatic rings. The Hall–Kier alpha value is -1.49. The quantitative estimate of drug-likeness (QED) is 0.841. The number of nitrogens with zero attached hydrogens (tertiary/aromatic N) is 3. The Morgan fingerprint density at radius 3 is 2.91 bits per heavy atom. The summed E-state index contributed by atoms with van der Waals surface area (Å²) in [6.07, 6.45) is 8.95. The van der Waals surface area contributed by atoms with Gasteiger partial charge in [-0.15, -0.1) is 0 Å². The second kappa shape index (κ2) is 5.30. The van der Waals surface area contributed by atoms with Crippen molar-refractivity contribution in [1.82, 2.24) is 14.9 Å². The smallest absolute Gasteiger partial charge is 0.223 e. The third kappa shape index (κ3) is 2.32. The van der Waals surface area contributed by atoms with Crippen LogP contribution in [0.15, 0.2) is 6.20 Å². The maximum atomic E-state index is 12.4. The lowest BCUT2D eigenvalue weighted by atomic mass is 9.84. The molecular formula is C17H23N3O2. The van der Waals surface area contributed by atoms with E-state index in [-0.39, 0.29) is 5.60 Å². The van der Waals surface area contributed by atoms with Gasteiger partial charge in [0.05, 0.1) is 25.4 Å². The lowest BCUT2D eigenvalue weighted by Crippen LogP contribution is -2.61. The number of aryl methyl sites for hydroxylation is 1. The molecule has 5 heteroatoms. The predicted octanol–water partition coefficient (Wildman–Crippen LogP) is 2.32. The van der Waals surface area contributed by atoms with Crippen LogP contribution in [0.4, 0.5) is 0 Å². The second-order valence-electron chi connectivity index (χ2n) is 7.02. The summed E-state index contributed by atoms with van der Waals surface area (Å²) in [4.78, 5) is 23.1. The number of amides is 1. The van der Waals surface area contributed by atoms with Crippen LogP contribution in [0, 0.1) is 12.8 Å². The molecule has 3 heterocycles. The minimum Gasteiger partial charge on any atom is -0.360 e. The fourth-order valence-electron chi connectivity index (χ4n) is 4.07. The van der Waals surface area contributed by atoms with Crippen molar-refractivity contribution in [3.05, 3.63) is 23.3 Å². The number of ether oxygens (including phenoxy) is 1. The highest BCUT2D eigenvalue weighted by molar-refractivity contribution is 5.78. The van der Waals surface area contributed by atoms with E-state index in [9.17, 15) is 4.79 Å². The molecule has 118 valence electrons. The largest absolute Gasteiger partial charge is 0.360 e. The molecule has 0 unspecified atom stereocenters. The molecule has 0 aromatic carbocycles.